The molecule has 7 nitrogen and oxygen atoms in total. The van der Waals surface area contributed by atoms with Crippen LogP contribution < -0.4 is 15.0 Å². The molecule has 1 fully saturated rings. The summed E-state index contributed by atoms with van der Waals surface area (Å²) in [4.78, 5) is 25.8. The molecule has 2 aromatic heterocycles. The summed E-state index contributed by atoms with van der Waals surface area (Å²) in [5.41, 5.74) is 2.26. The molecule has 0 amide bonds. The van der Waals surface area contributed by atoms with E-state index in [-0.39, 0.29) is 11.6 Å². The van der Waals surface area contributed by atoms with E-state index in [0.29, 0.717) is 34.0 Å². The minimum Gasteiger partial charge on any atom is -0.493 e. The van der Waals surface area contributed by atoms with Crippen LogP contribution in [-0.2, 0) is 0 Å². The smallest absolute Gasteiger partial charge is 0.267 e. The molecule has 0 unspecified atom stereocenters. The van der Waals surface area contributed by atoms with Crippen molar-refractivity contribution in [2.45, 2.75) is 18.9 Å². The lowest BCUT2D eigenvalue weighted by molar-refractivity contribution is 0.316. The highest BCUT2D eigenvalue weighted by Crippen LogP contribution is 2.36. The topological polar surface area (TPSA) is 69.5 Å². The molecule has 1 saturated heterocycles. The van der Waals surface area contributed by atoms with Gasteiger partial charge >= 0.3 is 0 Å². The molecule has 7 heteroatoms. The van der Waals surface area contributed by atoms with E-state index in [1.165, 1.54) is 0 Å². The first-order valence-electron chi connectivity index (χ1n) is 11.0. The van der Waals surface area contributed by atoms with Crippen molar-refractivity contribution in [2.75, 3.05) is 27.8 Å². The van der Waals surface area contributed by atoms with Gasteiger partial charge in [-0.1, -0.05) is 18.2 Å². The maximum absolute atomic E-state index is 13.9. The predicted molar refractivity (Wildman–Crippen MR) is 128 cm³/mol. The zero-order valence-corrected chi connectivity index (χ0v) is 19.0. The summed E-state index contributed by atoms with van der Waals surface area (Å²) in [6.07, 6.45) is 3.87. The van der Waals surface area contributed by atoms with Crippen LogP contribution >= 0.6 is 0 Å². The average molecular weight is 443 g/mol. The molecule has 33 heavy (non-hydrogen) atoms. The van der Waals surface area contributed by atoms with Crippen molar-refractivity contribution in [3.63, 3.8) is 0 Å². The summed E-state index contributed by atoms with van der Waals surface area (Å²) in [6, 6.07) is 17.2. The first-order chi connectivity index (χ1) is 16.1. The maximum Gasteiger partial charge on any atom is 0.267 e. The summed E-state index contributed by atoms with van der Waals surface area (Å²) in [5, 5.41) is 0.554. The zero-order chi connectivity index (χ0) is 22.9. The summed E-state index contributed by atoms with van der Waals surface area (Å²) >= 11 is 0. The standard InChI is InChI=1S/C26H26N4O3/c1-29-15-7-11-21(29)19-9-6-14-27-25(19)30-24(17-12-13-22(32-2)23(16-17)33-3)28-20-10-5-4-8-18(20)26(30)31/h4-6,8-10,12-14,16,21H,7,11,15H2,1-3H3/t21-/m1/s1. The van der Waals surface area contributed by atoms with Crippen LogP contribution in [-0.4, -0.2) is 47.2 Å². The summed E-state index contributed by atoms with van der Waals surface area (Å²) < 4.78 is 12.6. The van der Waals surface area contributed by atoms with Crippen molar-refractivity contribution in [1.29, 1.82) is 0 Å². The van der Waals surface area contributed by atoms with Crippen LogP contribution in [0.5, 0.6) is 11.5 Å². The number of hydrogen-bond acceptors (Lipinski definition) is 6. The van der Waals surface area contributed by atoms with E-state index in [1.807, 2.05) is 48.5 Å². The Kier molecular flexibility index (Phi) is 5.56. The van der Waals surface area contributed by atoms with E-state index in [1.54, 1.807) is 25.0 Å². The Morgan fingerprint density at radius 3 is 2.58 bits per heavy atom. The van der Waals surface area contributed by atoms with Gasteiger partial charge in [0.25, 0.3) is 5.56 Å². The minimum atomic E-state index is -0.147. The van der Waals surface area contributed by atoms with Crippen molar-refractivity contribution in [3.05, 3.63) is 76.7 Å². The number of nitrogens with zero attached hydrogens (tertiary/aromatic N) is 4. The molecule has 0 bridgehead atoms. The molecule has 3 heterocycles. The molecule has 0 radical (unpaired) electrons. The molecule has 0 aliphatic carbocycles. The van der Waals surface area contributed by atoms with E-state index in [4.69, 9.17) is 19.4 Å². The van der Waals surface area contributed by atoms with Crippen molar-refractivity contribution >= 4 is 10.9 Å². The van der Waals surface area contributed by atoms with Crippen molar-refractivity contribution in [1.82, 2.24) is 19.4 Å². The number of fused-ring (bicyclic) bond motifs is 1. The third kappa shape index (κ3) is 3.64. The number of methoxy groups -OCH3 is 2. The Morgan fingerprint density at radius 2 is 1.82 bits per heavy atom. The van der Waals surface area contributed by atoms with Crippen LogP contribution in [0.25, 0.3) is 28.1 Å². The van der Waals surface area contributed by atoms with Gasteiger partial charge in [-0.05, 0) is 62.8 Å². The monoisotopic (exact) mass is 442 g/mol. The minimum absolute atomic E-state index is 0.147. The second-order valence-corrected chi connectivity index (χ2v) is 8.22. The van der Waals surface area contributed by atoms with Gasteiger partial charge in [-0.15, -0.1) is 0 Å². The predicted octanol–water partition coefficient (Wildman–Crippen LogP) is 4.23. The number of hydrogen-bond donors (Lipinski definition) is 0. The second kappa shape index (κ2) is 8.67. The molecule has 0 saturated carbocycles. The Bertz CT molecular complexity index is 1380. The van der Waals surface area contributed by atoms with E-state index in [0.717, 1.165) is 30.5 Å². The Hall–Kier alpha value is -3.71. The fraction of sp³-hybridized carbons (Fsp3) is 0.269. The summed E-state index contributed by atoms with van der Waals surface area (Å²) in [6.45, 7) is 1.02. The second-order valence-electron chi connectivity index (χ2n) is 8.22. The molecule has 5 rings (SSSR count). The summed E-state index contributed by atoms with van der Waals surface area (Å²) in [5.74, 6) is 2.31. The van der Waals surface area contributed by atoms with Gasteiger partial charge in [0, 0.05) is 23.4 Å². The molecule has 1 aliphatic rings. The van der Waals surface area contributed by atoms with Gasteiger partial charge < -0.3 is 9.47 Å². The molecule has 2 aromatic carbocycles. The molecule has 0 spiro atoms. The third-order valence-electron chi connectivity index (χ3n) is 6.33. The molecule has 4 aromatic rings. The Morgan fingerprint density at radius 1 is 1.00 bits per heavy atom. The molecule has 0 N–H and O–H groups in total. The van der Waals surface area contributed by atoms with E-state index >= 15 is 0 Å². The molecular formula is C26H26N4O3. The lowest BCUT2D eigenvalue weighted by Gasteiger charge is -2.23. The van der Waals surface area contributed by atoms with Gasteiger partial charge in [0.15, 0.2) is 11.5 Å². The van der Waals surface area contributed by atoms with Gasteiger partial charge in [0.05, 0.1) is 25.1 Å². The normalized spacial score (nSPS) is 16.3. The largest absolute Gasteiger partial charge is 0.493 e. The zero-order valence-electron chi connectivity index (χ0n) is 19.0. The molecular weight excluding hydrogens is 416 g/mol. The fourth-order valence-corrected chi connectivity index (χ4v) is 4.66. The van der Waals surface area contributed by atoms with Gasteiger partial charge in [-0.3, -0.25) is 9.69 Å². The lowest BCUT2D eigenvalue weighted by Crippen LogP contribution is -2.26. The van der Waals surface area contributed by atoms with Crippen LogP contribution in [0.3, 0.4) is 0 Å². The Labute approximate surface area is 192 Å². The van der Waals surface area contributed by atoms with Gasteiger partial charge in [0.2, 0.25) is 0 Å². The quantitative estimate of drug-likeness (QED) is 0.461. The van der Waals surface area contributed by atoms with Crippen LogP contribution in [0.2, 0.25) is 0 Å². The maximum atomic E-state index is 13.9. The SMILES string of the molecule is COc1ccc(-c2nc3ccccc3c(=O)n2-c2ncccc2[C@H]2CCCN2C)cc1OC. The Balaban J connectivity index is 1.82. The van der Waals surface area contributed by atoms with Gasteiger partial charge in [-0.25, -0.2) is 14.5 Å². The fourth-order valence-electron chi connectivity index (χ4n) is 4.66. The highest BCUT2D eigenvalue weighted by atomic mass is 16.5. The lowest BCUT2D eigenvalue weighted by atomic mass is 10.0. The molecule has 1 aliphatic heterocycles. The molecule has 168 valence electrons. The van der Waals surface area contributed by atoms with E-state index in [9.17, 15) is 4.79 Å². The van der Waals surface area contributed by atoms with E-state index in [2.05, 4.69) is 18.0 Å². The van der Waals surface area contributed by atoms with Crippen LogP contribution in [0, 0.1) is 0 Å². The number of ether oxygens (including phenoxy) is 2. The van der Waals surface area contributed by atoms with E-state index < -0.39 is 0 Å². The number of para-hydroxylation sites is 1. The van der Waals surface area contributed by atoms with Gasteiger partial charge in [0.1, 0.15) is 11.6 Å². The number of aromatic nitrogens is 3. The van der Waals surface area contributed by atoms with Crippen LogP contribution in [0.1, 0.15) is 24.4 Å². The van der Waals surface area contributed by atoms with Crippen molar-refractivity contribution < 1.29 is 9.47 Å². The summed E-state index contributed by atoms with van der Waals surface area (Å²) in [7, 11) is 5.31. The highest BCUT2D eigenvalue weighted by Gasteiger charge is 2.27. The van der Waals surface area contributed by atoms with Gasteiger partial charge in [-0.2, -0.15) is 0 Å². The first-order valence-corrected chi connectivity index (χ1v) is 11.0. The number of rotatable bonds is 5. The third-order valence-corrected chi connectivity index (χ3v) is 6.33. The molecule has 1 atom stereocenters. The number of benzene rings is 2. The van der Waals surface area contributed by atoms with Crippen LogP contribution in [0.15, 0.2) is 65.6 Å². The van der Waals surface area contributed by atoms with Crippen molar-refractivity contribution in [2.24, 2.45) is 0 Å². The number of pyridine rings is 1. The average Bonchev–Trinajstić information content (AvgIpc) is 3.29. The van der Waals surface area contributed by atoms with Crippen molar-refractivity contribution in [3.8, 4) is 28.7 Å². The first kappa shape index (κ1) is 21.2. The highest BCUT2D eigenvalue weighted by molar-refractivity contribution is 5.80. The van der Waals surface area contributed by atoms with Crippen LogP contribution in [0.4, 0.5) is 0 Å². The number of likely N-dealkylation sites (tertiary alicyclic amines) is 1.